The van der Waals surface area contributed by atoms with Gasteiger partial charge in [0.05, 0.1) is 0 Å². The summed E-state index contributed by atoms with van der Waals surface area (Å²) in [7, 11) is 0. The molecule has 2 heterocycles. The van der Waals surface area contributed by atoms with E-state index in [1.54, 1.807) is 12.3 Å². The van der Waals surface area contributed by atoms with Gasteiger partial charge < -0.3 is 0 Å². The lowest BCUT2D eigenvalue weighted by Gasteiger charge is -2.02. The molecule has 0 amide bonds. The van der Waals surface area contributed by atoms with Crippen LogP contribution in [0.25, 0.3) is 11.1 Å². The number of pyridine rings is 2. The second-order valence-corrected chi connectivity index (χ2v) is 3.69. The number of hydrogen-bond acceptors (Lipinski definition) is 2. The van der Waals surface area contributed by atoms with Crippen molar-refractivity contribution in [3.63, 3.8) is 0 Å². The summed E-state index contributed by atoms with van der Waals surface area (Å²) in [6, 6.07) is 5.86. The molecule has 76 valence electrons. The molecule has 0 aliphatic heterocycles. The number of hydrogen-bond donors (Lipinski definition) is 0. The maximum absolute atomic E-state index is 5.73. The van der Waals surface area contributed by atoms with E-state index in [1.165, 1.54) is 5.56 Å². The van der Waals surface area contributed by atoms with Crippen LogP contribution in [0.5, 0.6) is 0 Å². The van der Waals surface area contributed by atoms with Crippen molar-refractivity contribution in [1.29, 1.82) is 0 Å². The lowest BCUT2D eigenvalue weighted by Crippen LogP contribution is -1.86. The maximum Gasteiger partial charge on any atom is 0.129 e. The first-order valence-electron chi connectivity index (χ1n) is 4.85. The minimum atomic E-state index is 0.512. The third-order valence-electron chi connectivity index (χ3n) is 2.26. The zero-order valence-corrected chi connectivity index (χ0v) is 9.20. The van der Waals surface area contributed by atoms with E-state index in [0.717, 1.165) is 17.5 Å². The lowest BCUT2D eigenvalue weighted by atomic mass is 10.1. The lowest BCUT2D eigenvalue weighted by molar-refractivity contribution is 1.10. The Morgan fingerprint density at radius 2 is 2.00 bits per heavy atom. The van der Waals surface area contributed by atoms with Gasteiger partial charge in [-0.2, -0.15) is 0 Å². The van der Waals surface area contributed by atoms with Gasteiger partial charge in [-0.1, -0.05) is 18.5 Å². The van der Waals surface area contributed by atoms with E-state index < -0.39 is 0 Å². The third kappa shape index (κ3) is 2.34. The van der Waals surface area contributed by atoms with Crippen LogP contribution in [-0.2, 0) is 6.42 Å². The Balaban J connectivity index is 2.40. The van der Waals surface area contributed by atoms with Gasteiger partial charge in [0.2, 0.25) is 0 Å². The molecule has 0 spiro atoms. The Kier molecular flexibility index (Phi) is 2.97. The normalized spacial score (nSPS) is 10.3. The molecule has 0 radical (unpaired) electrons. The van der Waals surface area contributed by atoms with Gasteiger partial charge in [-0.15, -0.1) is 0 Å². The number of aromatic nitrogens is 2. The zero-order valence-electron chi connectivity index (χ0n) is 8.44. The highest BCUT2D eigenvalue weighted by atomic mass is 35.5. The number of rotatable bonds is 2. The average molecular weight is 219 g/mol. The van der Waals surface area contributed by atoms with E-state index in [0.29, 0.717) is 5.15 Å². The fourth-order valence-corrected chi connectivity index (χ4v) is 1.50. The molecule has 0 unspecified atom stereocenters. The molecular formula is C12H11ClN2. The van der Waals surface area contributed by atoms with Gasteiger partial charge in [-0.3, -0.25) is 4.98 Å². The average Bonchev–Trinajstić information content (AvgIpc) is 2.30. The molecule has 0 saturated heterocycles. The van der Waals surface area contributed by atoms with E-state index in [9.17, 15) is 0 Å². The summed E-state index contributed by atoms with van der Waals surface area (Å²) < 4.78 is 0. The molecule has 2 nitrogen and oxygen atoms in total. The molecule has 0 aromatic carbocycles. The third-order valence-corrected chi connectivity index (χ3v) is 2.49. The highest BCUT2D eigenvalue weighted by Gasteiger charge is 1.99. The molecule has 0 fully saturated rings. The Bertz CT molecular complexity index is 451. The smallest absolute Gasteiger partial charge is 0.129 e. The van der Waals surface area contributed by atoms with Gasteiger partial charge in [-0.05, 0) is 30.2 Å². The van der Waals surface area contributed by atoms with Crippen LogP contribution >= 0.6 is 11.6 Å². The molecule has 0 aliphatic rings. The summed E-state index contributed by atoms with van der Waals surface area (Å²) >= 11 is 5.73. The van der Waals surface area contributed by atoms with E-state index in [1.807, 2.05) is 18.5 Å². The van der Waals surface area contributed by atoms with Crippen molar-refractivity contribution in [3.05, 3.63) is 47.5 Å². The van der Waals surface area contributed by atoms with Crippen molar-refractivity contribution < 1.29 is 0 Å². The van der Waals surface area contributed by atoms with Crippen LogP contribution in [0.15, 0.2) is 36.8 Å². The molecule has 0 bridgehead atoms. The van der Waals surface area contributed by atoms with Gasteiger partial charge in [-0.25, -0.2) is 4.98 Å². The molecule has 2 rings (SSSR count). The Morgan fingerprint density at radius 3 is 2.67 bits per heavy atom. The predicted octanol–water partition coefficient (Wildman–Crippen LogP) is 3.36. The monoisotopic (exact) mass is 218 g/mol. The summed E-state index contributed by atoms with van der Waals surface area (Å²) in [4.78, 5) is 8.24. The first-order chi connectivity index (χ1) is 7.29. The summed E-state index contributed by atoms with van der Waals surface area (Å²) in [5.41, 5.74) is 3.35. The van der Waals surface area contributed by atoms with E-state index in [2.05, 4.69) is 23.0 Å². The van der Waals surface area contributed by atoms with Crippen molar-refractivity contribution in [2.75, 3.05) is 0 Å². The fourth-order valence-electron chi connectivity index (χ4n) is 1.39. The van der Waals surface area contributed by atoms with Crippen LogP contribution in [0.2, 0.25) is 5.15 Å². The molecule has 15 heavy (non-hydrogen) atoms. The Morgan fingerprint density at radius 1 is 1.13 bits per heavy atom. The molecule has 3 heteroatoms. The maximum atomic E-state index is 5.73. The van der Waals surface area contributed by atoms with Gasteiger partial charge in [0.1, 0.15) is 5.15 Å². The highest BCUT2D eigenvalue weighted by Crippen LogP contribution is 2.19. The van der Waals surface area contributed by atoms with Gasteiger partial charge in [0, 0.05) is 29.7 Å². The summed E-state index contributed by atoms with van der Waals surface area (Å²) in [5, 5.41) is 0.512. The Labute approximate surface area is 94.0 Å². The van der Waals surface area contributed by atoms with Gasteiger partial charge in [0.25, 0.3) is 0 Å². The quantitative estimate of drug-likeness (QED) is 0.723. The number of halogens is 1. The molecule has 0 saturated carbocycles. The molecule has 2 aromatic rings. The van der Waals surface area contributed by atoms with Crippen LogP contribution < -0.4 is 0 Å². The van der Waals surface area contributed by atoms with E-state index >= 15 is 0 Å². The Hall–Kier alpha value is -1.41. The fraction of sp³-hybridized carbons (Fsp3) is 0.167. The van der Waals surface area contributed by atoms with Crippen molar-refractivity contribution in [3.8, 4) is 11.1 Å². The minimum absolute atomic E-state index is 0.512. The topological polar surface area (TPSA) is 25.8 Å². The van der Waals surface area contributed by atoms with Crippen molar-refractivity contribution in [2.24, 2.45) is 0 Å². The molecule has 2 aromatic heterocycles. The second kappa shape index (κ2) is 4.41. The van der Waals surface area contributed by atoms with Crippen molar-refractivity contribution in [1.82, 2.24) is 9.97 Å². The van der Waals surface area contributed by atoms with Crippen LogP contribution in [0.3, 0.4) is 0 Å². The van der Waals surface area contributed by atoms with E-state index in [4.69, 9.17) is 11.6 Å². The highest BCUT2D eigenvalue weighted by molar-refractivity contribution is 6.29. The molecule has 0 N–H and O–H groups in total. The minimum Gasteiger partial charge on any atom is -0.264 e. The van der Waals surface area contributed by atoms with Crippen molar-refractivity contribution >= 4 is 11.6 Å². The standard InChI is InChI=1S/C12H11ClN2/c1-2-9-5-11(7-14-6-9)10-3-4-12(13)15-8-10/h3-8H,2H2,1H3. The summed E-state index contributed by atoms with van der Waals surface area (Å²) in [6.07, 6.45) is 6.47. The first kappa shape index (κ1) is 10.1. The van der Waals surface area contributed by atoms with Crippen molar-refractivity contribution in [2.45, 2.75) is 13.3 Å². The largest absolute Gasteiger partial charge is 0.264 e. The SMILES string of the molecule is CCc1cncc(-c2ccc(Cl)nc2)c1. The summed E-state index contributed by atoms with van der Waals surface area (Å²) in [6.45, 7) is 2.11. The number of aryl methyl sites for hydroxylation is 1. The first-order valence-corrected chi connectivity index (χ1v) is 5.23. The van der Waals surface area contributed by atoms with Gasteiger partial charge >= 0.3 is 0 Å². The molecule has 0 aliphatic carbocycles. The van der Waals surface area contributed by atoms with Crippen LogP contribution in [-0.4, -0.2) is 9.97 Å². The molecule has 0 atom stereocenters. The predicted molar refractivity (Wildman–Crippen MR) is 61.9 cm³/mol. The second-order valence-electron chi connectivity index (χ2n) is 3.31. The molecular weight excluding hydrogens is 208 g/mol. The number of nitrogens with zero attached hydrogens (tertiary/aromatic N) is 2. The zero-order chi connectivity index (χ0) is 10.7. The van der Waals surface area contributed by atoms with Crippen LogP contribution in [0.4, 0.5) is 0 Å². The van der Waals surface area contributed by atoms with Crippen LogP contribution in [0, 0.1) is 0 Å². The van der Waals surface area contributed by atoms with Crippen LogP contribution in [0.1, 0.15) is 12.5 Å². The van der Waals surface area contributed by atoms with E-state index in [-0.39, 0.29) is 0 Å². The van der Waals surface area contributed by atoms with Gasteiger partial charge in [0.15, 0.2) is 0 Å². The summed E-state index contributed by atoms with van der Waals surface area (Å²) in [5.74, 6) is 0.